The molecular formula is C14H14ClNOS. The van der Waals surface area contributed by atoms with Crippen molar-refractivity contribution in [1.29, 1.82) is 0 Å². The molecule has 0 radical (unpaired) electrons. The van der Waals surface area contributed by atoms with E-state index in [4.69, 9.17) is 11.6 Å². The Morgan fingerprint density at radius 2 is 2.28 bits per heavy atom. The van der Waals surface area contributed by atoms with Gasteiger partial charge in [-0.05, 0) is 47.0 Å². The molecule has 2 nitrogen and oxygen atoms in total. The first-order valence-electron chi connectivity index (χ1n) is 5.71. The lowest BCUT2D eigenvalue weighted by molar-refractivity contribution is -0.121. The highest BCUT2D eigenvalue weighted by molar-refractivity contribution is 7.07. The maximum atomic E-state index is 11.8. The average molecular weight is 280 g/mol. The van der Waals surface area contributed by atoms with E-state index in [1.807, 2.05) is 48.0 Å². The summed E-state index contributed by atoms with van der Waals surface area (Å²) >= 11 is 7.53. The third kappa shape index (κ3) is 3.59. The SMILES string of the molecule is CC(NC(=O)Cc1ccsc1)c1cccc(Cl)c1. The number of halogens is 1. The summed E-state index contributed by atoms with van der Waals surface area (Å²) in [6.45, 7) is 1.96. The molecule has 1 amide bonds. The van der Waals surface area contributed by atoms with Gasteiger partial charge in [0.1, 0.15) is 0 Å². The molecule has 0 aliphatic heterocycles. The van der Waals surface area contributed by atoms with E-state index in [0.29, 0.717) is 11.4 Å². The van der Waals surface area contributed by atoms with Crippen LogP contribution in [0.4, 0.5) is 0 Å². The molecule has 18 heavy (non-hydrogen) atoms. The van der Waals surface area contributed by atoms with Crippen molar-refractivity contribution >= 4 is 28.8 Å². The average Bonchev–Trinajstić information content (AvgIpc) is 2.81. The Kier molecular flexibility index (Phi) is 4.39. The van der Waals surface area contributed by atoms with Crippen LogP contribution in [0.1, 0.15) is 24.1 Å². The Hall–Kier alpha value is -1.32. The normalized spacial score (nSPS) is 12.1. The van der Waals surface area contributed by atoms with Crippen LogP contribution in [-0.4, -0.2) is 5.91 Å². The van der Waals surface area contributed by atoms with E-state index in [1.165, 1.54) is 0 Å². The second-order valence-corrected chi connectivity index (χ2v) is 5.37. The molecule has 0 saturated heterocycles. The minimum atomic E-state index is -0.0326. The van der Waals surface area contributed by atoms with Crippen LogP contribution in [-0.2, 0) is 11.2 Å². The molecule has 1 unspecified atom stereocenters. The number of rotatable bonds is 4. The van der Waals surface area contributed by atoms with Crippen LogP contribution in [0.15, 0.2) is 41.1 Å². The van der Waals surface area contributed by atoms with Crippen LogP contribution < -0.4 is 5.32 Å². The van der Waals surface area contributed by atoms with Crippen LogP contribution in [0.25, 0.3) is 0 Å². The minimum Gasteiger partial charge on any atom is -0.349 e. The molecule has 2 aromatic rings. The molecular weight excluding hydrogens is 266 g/mol. The number of hydrogen-bond donors (Lipinski definition) is 1. The summed E-state index contributed by atoms with van der Waals surface area (Å²) in [5, 5.41) is 7.62. The van der Waals surface area contributed by atoms with Crippen molar-refractivity contribution in [2.45, 2.75) is 19.4 Å². The standard InChI is InChI=1S/C14H14ClNOS/c1-10(12-3-2-4-13(15)8-12)16-14(17)7-11-5-6-18-9-11/h2-6,8-10H,7H2,1H3,(H,16,17). The molecule has 1 heterocycles. The van der Waals surface area contributed by atoms with Crippen LogP contribution in [0.3, 0.4) is 0 Å². The molecule has 1 aromatic heterocycles. The number of carbonyl (C=O) groups is 1. The maximum absolute atomic E-state index is 11.8. The highest BCUT2D eigenvalue weighted by Gasteiger charge is 2.10. The molecule has 0 spiro atoms. The summed E-state index contributed by atoms with van der Waals surface area (Å²) < 4.78 is 0. The van der Waals surface area contributed by atoms with Gasteiger partial charge in [-0.2, -0.15) is 11.3 Å². The predicted molar refractivity (Wildman–Crippen MR) is 76.0 cm³/mol. The zero-order valence-corrected chi connectivity index (χ0v) is 11.6. The number of benzene rings is 1. The number of hydrogen-bond acceptors (Lipinski definition) is 2. The smallest absolute Gasteiger partial charge is 0.224 e. The second-order valence-electron chi connectivity index (χ2n) is 4.15. The number of amides is 1. The fraction of sp³-hybridized carbons (Fsp3) is 0.214. The number of nitrogens with one attached hydrogen (secondary N) is 1. The third-order valence-corrected chi connectivity index (χ3v) is 3.64. The molecule has 2 rings (SSSR count). The van der Waals surface area contributed by atoms with Crippen molar-refractivity contribution in [2.75, 3.05) is 0 Å². The minimum absolute atomic E-state index is 0.0286. The largest absolute Gasteiger partial charge is 0.349 e. The van der Waals surface area contributed by atoms with E-state index >= 15 is 0 Å². The van der Waals surface area contributed by atoms with Gasteiger partial charge in [-0.15, -0.1) is 0 Å². The van der Waals surface area contributed by atoms with Gasteiger partial charge in [-0.1, -0.05) is 23.7 Å². The van der Waals surface area contributed by atoms with Crippen LogP contribution >= 0.6 is 22.9 Å². The van der Waals surface area contributed by atoms with Gasteiger partial charge in [-0.25, -0.2) is 0 Å². The van der Waals surface area contributed by atoms with Gasteiger partial charge in [0, 0.05) is 5.02 Å². The maximum Gasteiger partial charge on any atom is 0.224 e. The van der Waals surface area contributed by atoms with Crippen molar-refractivity contribution in [3.8, 4) is 0 Å². The lowest BCUT2D eigenvalue weighted by Crippen LogP contribution is -2.27. The molecule has 1 aromatic carbocycles. The number of carbonyl (C=O) groups excluding carboxylic acids is 1. The Morgan fingerprint density at radius 1 is 1.44 bits per heavy atom. The van der Waals surface area contributed by atoms with Gasteiger partial charge in [0.05, 0.1) is 12.5 Å². The quantitative estimate of drug-likeness (QED) is 0.906. The van der Waals surface area contributed by atoms with Crippen LogP contribution in [0, 0.1) is 0 Å². The van der Waals surface area contributed by atoms with Gasteiger partial charge in [0.15, 0.2) is 0 Å². The summed E-state index contributed by atoms with van der Waals surface area (Å²) in [6, 6.07) is 9.48. The summed E-state index contributed by atoms with van der Waals surface area (Å²) in [5.41, 5.74) is 2.07. The van der Waals surface area contributed by atoms with Gasteiger partial charge >= 0.3 is 0 Å². The first-order valence-corrected chi connectivity index (χ1v) is 7.03. The first-order chi connectivity index (χ1) is 8.65. The summed E-state index contributed by atoms with van der Waals surface area (Å²) in [6.07, 6.45) is 0.425. The van der Waals surface area contributed by atoms with Gasteiger partial charge in [0.25, 0.3) is 0 Å². The molecule has 0 fully saturated rings. The highest BCUT2D eigenvalue weighted by Crippen LogP contribution is 2.17. The molecule has 1 atom stereocenters. The van der Waals surface area contributed by atoms with Gasteiger partial charge in [0.2, 0.25) is 5.91 Å². The second kappa shape index (κ2) is 6.03. The molecule has 0 aliphatic rings. The summed E-state index contributed by atoms with van der Waals surface area (Å²) in [4.78, 5) is 11.8. The van der Waals surface area contributed by atoms with Crippen LogP contribution in [0.5, 0.6) is 0 Å². The molecule has 4 heteroatoms. The molecule has 0 saturated carbocycles. The zero-order chi connectivity index (χ0) is 13.0. The van der Waals surface area contributed by atoms with E-state index in [-0.39, 0.29) is 11.9 Å². The van der Waals surface area contributed by atoms with Crippen molar-refractivity contribution < 1.29 is 4.79 Å². The summed E-state index contributed by atoms with van der Waals surface area (Å²) in [5.74, 6) is 0.0286. The first kappa shape index (κ1) is 13.1. The molecule has 1 N–H and O–H groups in total. The van der Waals surface area contributed by atoms with E-state index in [1.54, 1.807) is 11.3 Å². The van der Waals surface area contributed by atoms with E-state index in [0.717, 1.165) is 11.1 Å². The summed E-state index contributed by atoms with van der Waals surface area (Å²) in [7, 11) is 0. The van der Waals surface area contributed by atoms with Crippen molar-refractivity contribution in [1.82, 2.24) is 5.32 Å². The predicted octanol–water partition coefficient (Wildman–Crippen LogP) is 3.82. The number of thiophene rings is 1. The van der Waals surface area contributed by atoms with E-state index in [2.05, 4.69) is 5.32 Å². The molecule has 0 aliphatic carbocycles. The van der Waals surface area contributed by atoms with Crippen molar-refractivity contribution in [2.24, 2.45) is 0 Å². The molecule has 94 valence electrons. The Balaban J connectivity index is 1.95. The van der Waals surface area contributed by atoms with E-state index in [9.17, 15) is 4.79 Å². The fourth-order valence-electron chi connectivity index (χ4n) is 1.73. The third-order valence-electron chi connectivity index (χ3n) is 2.67. The zero-order valence-electron chi connectivity index (χ0n) is 10.0. The van der Waals surface area contributed by atoms with Crippen molar-refractivity contribution in [3.05, 3.63) is 57.2 Å². The topological polar surface area (TPSA) is 29.1 Å². The molecule has 0 bridgehead atoms. The lowest BCUT2D eigenvalue weighted by Gasteiger charge is -2.14. The lowest BCUT2D eigenvalue weighted by atomic mass is 10.1. The van der Waals surface area contributed by atoms with Crippen LogP contribution in [0.2, 0.25) is 5.02 Å². The van der Waals surface area contributed by atoms with Crippen molar-refractivity contribution in [3.63, 3.8) is 0 Å². The Labute approximate surface area is 116 Å². The monoisotopic (exact) mass is 279 g/mol. The van der Waals surface area contributed by atoms with E-state index < -0.39 is 0 Å². The van der Waals surface area contributed by atoms with Gasteiger partial charge in [-0.3, -0.25) is 4.79 Å². The Bertz CT molecular complexity index is 524. The Morgan fingerprint density at radius 3 is 2.94 bits per heavy atom. The highest BCUT2D eigenvalue weighted by atomic mass is 35.5. The fourth-order valence-corrected chi connectivity index (χ4v) is 2.60. The van der Waals surface area contributed by atoms with Gasteiger partial charge < -0.3 is 5.32 Å².